The predicted octanol–water partition coefficient (Wildman–Crippen LogP) is 0.752. The van der Waals surface area contributed by atoms with Crippen molar-refractivity contribution in [2.45, 2.75) is 12.0 Å². The summed E-state index contributed by atoms with van der Waals surface area (Å²) in [6.45, 7) is 0.0955. The number of benzene rings is 1. The molecule has 2 rings (SSSR count). The van der Waals surface area contributed by atoms with Gasteiger partial charge in [-0.2, -0.15) is 0 Å². The number of hydrogen-bond acceptors (Lipinski definition) is 5. The lowest BCUT2D eigenvalue weighted by molar-refractivity contribution is 0.0697. The van der Waals surface area contributed by atoms with Gasteiger partial charge in [-0.15, -0.1) is 0 Å². The molecule has 0 spiro atoms. The van der Waals surface area contributed by atoms with E-state index >= 15 is 0 Å². The monoisotopic (exact) mass is 298 g/mol. The molecular formula is C12H14N2O5S. The molecule has 0 radical (unpaired) electrons. The molecule has 108 valence electrons. The van der Waals surface area contributed by atoms with Gasteiger partial charge in [-0.1, -0.05) is 0 Å². The first-order valence-corrected chi connectivity index (χ1v) is 7.68. The second-order valence-electron chi connectivity index (χ2n) is 4.40. The SMILES string of the molecule is COC(Cn1cnc2cc(C(=O)O)ccc21)S(C)(=O)=O. The topological polar surface area (TPSA) is 98.5 Å². The van der Waals surface area contributed by atoms with Crippen LogP contribution in [0.2, 0.25) is 0 Å². The third-order valence-corrected chi connectivity index (χ3v) is 4.25. The van der Waals surface area contributed by atoms with Gasteiger partial charge in [0.2, 0.25) is 0 Å². The van der Waals surface area contributed by atoms with Crippen molar-refractivity contribution >= 4 is 26.8 Å². The Bertz CT molecular complexity index is 750. The number of nitrogens with zero attached hydrogens (tertiary/aromatic N) is 2. The zero-order valence-electron chi connectivity index (χ0n) is 11.0. The van der Waals surface area contributed by atoms with Gasteiger partial charge >= 0.3 is 5.97 Å². The Hall–Kier alpha value is -1.93. The normalized spacial score (nSPS) is 13.5. The molecule has 1 atom stereocenters. The first kappa shape index (κ1) is 14.5. The highest BCUT2D eigenvalue weighted by Crippen LogP contribution is 2.17. The summed E-state index contributed by atoms with van der Waals surface area (Å²) in [6, 6.07) is 4.49. The van der Waals surface area contributed by atoms with Gasteiger partial charge in [-0.3, -0.25) is 0 Å². The number of imidazole rings is 1. The van der Waals surface area contributed by atoms with Gasteiger partial charge < -0.3 is 14.4 Å². The fraction of sp³-hybridized carbons (Fsp3) is 0.333. The van der Waals surface area contributed by atoms with Crippen LogP contribution < -0.4 is 0 Å². The molecule has 0 aliphatic heterocycles. The van der Waals surface area contributed by atoms with Gasteiger partial charge in [0.25, 0.3) is 0 Å². The van der Waals surface area contributed by atoms with Crippen molar-refractivity contribution < 1.29 is 23.1 Å². The summed E-state index contributed by atoms with van der Waals surface area (Å²) >= 11 is 0. The van der Waals surface area contributed by atoms with E-state index in [-0.39, 0.29) is 12.1 Å². The number of aromatic carboxylic acids is 1. The van der Waals surface area contributed by atoms with E-state index in [9.17, 15) is 13.2 Å². The molecule has 0 fully saturated rings. The highest BCUT2D eigenvalue weighted by molar-refractivity contribution is 7.91. The van der Waals surface area contributed by atoms with Gasteiger partial charge in [-0.05, 0) is 18.2 Å². The van der Waals surface area contributed by atoms with Crippen molar-refractivity contribution in [2.24, 2.45) is 0 Å². The number of carboxylic acids is 1. The van der Waals surface area contributed by atoms with Crippen LogP contribution in [0.4, 0.5) is 0 Å². The molecule has 0 aliphatic carbocycles. The second kappa shape index (κ2) is 5.22. The summed E-state index contributed by atoms with van der Waals surface area (Å²) in [7, 11) is -2.02. The molecule has 20 heavy (non-hydrogen) atoms. The number of aromatic nitrogens is 2. The Morgan fingerprint density at radius 1 is 1.50 bits per heavy atom. The standard InChI is InChI=1S/C12H14N2O5S/c1-19-11(20(2,17)18)6-14-7-13-9-5-8(12(15)16)3-4-10(9)14/h3-5,7,11H,6H2,1-2H3,(H,15,16). The molecule has 0 saturated heterocycles. The minimum Gasteiger partial charge on any atom is -0.478 e. The summed E-state index contributed by atoms with van der Waals surface area (Å²) in [4.78, 5) is 15.0. The number of sulfone groups is 1. The molecule has 8 heteroatoms. The third kappa shape index (κ3) is 2.81. The average molecular weight is 298 g/mol. The molecule has 7 nitrogen and oxygen atoms in total. The number of methoxy groups -OCH3 is 1. The van der Waals surface area contributed by atoms with E-state index in [4.69, 9.17) is 9.84 Å². The molecule has 0 saturated carbocycles. The van der Waals surface area contributed by atoms with Crippen LogP contribution in [0, 0.1) is 0 Å². The minimum atomic E-state index is -3.35. The molecule has 1 N–H and O–H groups in total. The summed E-state index contributed by atoms with van der Waals surface area (Å²) in [5.74, 6) is -1.03. The predicted molar refractivity (Wildman–Crippen MR) is 72.3 cm³/mol. The first-order valence-electron chi connectivity index (χ1n) is 5.73. The maximum atomic E-state index is 11.5. The minimum absolute atomic E-state index is 0.0955. The number of carbonyl (C=O) groups is 1. The Morgan fingerprint density at radius 2 is 2.20 bits per heavy atom. The number of hydrogen-bond donors (Lipinski definition) is 1. The molecule has 0 bridgehead atoms. The van der Waals surface area contributed by atoms with Crippen LogP contribution in [0.25, 0.3) is 11.0 Å². The van der Waals surface area contributed by atoms with Gasteiger partial charge in [0.1, 0.15) is 0 Å². The maximum absolute atomic E-state index is 11.5. The molecule has 0 amide bonds. The van der Waals surface area contributed by atoms with E-state index in [1.807, 2.05) is 0 Å². The Kier molecular flexibility index (Phi) is 3.78. The highest BCUT2D eigenvalue weighted by Gasteiger charge is 2.21. The lowest BCUT2D eigenvalue weighted by Crippen LogP contribution is -2.27. The van der Waals surface area contributed by atoms with E-state index in [2.05, 4.69) is 4.98 Å². The van der Waals surface area contributed by atoms with Crippen LogP contribution in [-0.2, 0) is 21.1 Å². The summed E-state index contributed by atoms with van der Waals surface area (Å²) in [5, 5.41) is 8.91. The van der Waals surface area contributed by atoms with E-state index in [1.54, 1.807) is 10.6 Å². The maximum Gasteiger partial charge on any atom is 0.335 e. The third-order valence-electron chi connectivity index (χ3n) is 2.95. The largest absolute Gasteiger partial charge is 0.478 e. The summed E-state index contributed by atoms with van der Waals surface area (Å²) in [5.41, 5.74) is 0.308. The quantitative estimate of drug-likeness (QED) is 0.874. The van der Waals surface area contributed by atoms with Crippen molar-refractivity contribution in [3.63, 3.8) is 0 Å². The van der Waals surface area contributed by atoms with Crippen LogP contribution >= 0.6 is 0 Å². The molecule has 0 aliphatic rings. The smallest absolute Gasteiger partial charge is 0.335 e. The fourth-order valence-corrected chi connectivity index (χ4v) is 2.67. The number of fused-ring (bicyclic) bond motifs is 1. The lowest BCUT2D eigenvalue weighted by atomic mass is 10.2. The molecule has 1 unspecified atom stereocenters. The molecule has 1 heterocycles. The van der Waals surface area contributed by atoms with Crippen LogP contribution in [0.5, 0.6) is 0 Å². The summed E-state index contributed by atoms with van der Waals surface area (Å²) < 4.78 is 29.7. The van der Waals surface area contributed by atoms with Gasteiger partial charge in [0.05, 0.1) is 29.5 Å². The van der Waals surface area contributed by atoms with Crippen LogP contribution in [-0.4, -0.2) is 47.8 Å². The highest BCUT2D eigenvalue weighted by atomic mass is 32.2. The van der Waals surface area contributed by atoms with Crippen LogP contribution in [0.15, 0.2) is 24.5 Å². The second-order valence-corrected chi connectivity index (χ2v) is 6.59. The zero-order valence-corrected chi connectivity index (χ0v) is 11.8. The van der Waals surface area contributed by atoms with Gasteiger partial charge in [0, 0.05) is 13.4 Å². The molecule has 1 aromatic carbocycles. The fourth-order valence-electron chi connectivity index (χ4n) is 1.89. The number of carboxylic acid groups (broad SMARTS) is 1. The Labute approximate surface area is 115 Å². The van der Waals surface area contributed by atoms with Crippen molar-refractivity contribution in [3.8, 4) is 0 Å². The Balaban J connectivity index is 2.39. The molecule has 1 aromatic heterocycles. The average Bonchev–Trinajstić information content (AvgIpc) is 2.76. The van der Waals surface area contributed by atoms with Gasteiger partial charge in [0.15, 0.2) is 15.3 Å². The van der Waals surface area contributed by atoms with Crippen molar-refractivity contribution in [1.29, 1.82) is 0 Å². The van der Waals surface area contributed by atoms with Crippen molar-refractivity contribution in [3.05, 3.63) is 30.1 Å². The van der Waals surface area contributed by atoms with E-state index < -0.39 is 21.2 Å². The van der Waals surface area contributed by atoms with E-state index in [0.29, 0.717) is 11.0 Å². The number of ether oxygens (including phenoxy) is 1. The number of rotatable bonds is 5. The van der Waals surface area contributed by atoms with E-state index in [0.717, 1.165) is 6.26 Å². The Morgan fingerprint density at radius 3 is 2.75 bits per heavy atom. The van der Waals surface area contributed by atoms with Crippen molar-refractivity contribution in [2.75, 3.05) is 13.4 Å². The van der Waals surface area contributed by atoms with Crippen LogP contribution in [0.1, 0.15) is 10.4 Å². The van der Waals surface area contributed by atoms with Crippen molar-refractivity contribution in [1.82, 2.24) is 9.55 Å². The first-order chi connectivity index (χ1) is 9.32. The summed E-state index contributed by atoms with van der Waals surface area (Å²) in [6.07, 6.45) is 2.57. The van der Waals surface area contributed by atoms with Crippen LogP contribution in [0.3, 0.4) is 0 Å². The van der Waals surface area contributed by atoms with E-state index in [1.165, 1.54) is 25.6 Å². The molecule has 2 aromatic rings. The zero-order chi connectivity index (χ0) is 14.9. The van der Waals surface area contributed by atoms with Gasteiger partial charge in [-0.25, -0.2) is 18.2 Å². The molecular weight excluding hydrogens is 284 g/mol. The lowest BCUT2D eigenvalue weighted by Gasteiger charge is -2.14.